The molecule has 1 fully saturated rings. The van der Waals surface area contributed by atoms with Crippen molar-refractivity contribution in [1.29, 1.82) is 0 Å². The van der Waals surface area contributed by atoms with Crippen LogP contribution in [0.2, 0.25) is 5.02 Å². The normalized spacial score (nSPS) is 22.9. The molecule has 0 saturated carbocycles. The lowest BCUT2D eigenvalue weighted by Crippen LogP contribution is -2.25. The molecule has 1 aromatic carbocycles. The Hall–Kier alpha value is -0.380. The monoisotopic (exact) mass is 271 g/mol. The first-order valence-corrected chi connectivity index (χ1v) is 6.84. The highest BCUT2D eigenvalue weighted by Crippen LogP contribution is 2.35. The Morgan fingerprint density at radius 3 is 2.94 bits per heavy atom. The van der Waals surface area contributed by atoms with Crippen LogP contribution in [-0.2, 0) is 0 Å². The van der Waals surface area contributed by atoms with Crippen LogP contribution in [0.1, 0.15) is 30.1 Å². The molecule has 0 spiro atoms. The van der Waals surface area contributed by atoms with Gasteiger partial charge >= 0.3 is 0 Å². The zero-order valence-corrected chi connectivity index (χ0v) is 11.6. The molecule has 1 saturated heterocycles. The van der Waals surface area contributed by atoms with Crippen molar-refractivity contribution in [2.75, 3.05) is 13.6 Å². The molecule has 0 bridgehead atoms. The summed E-state index contributed by atoms with van der Waals surface area (Å²) in [7, 11) is 2.16. The predicted molar refractivity (Wildman–Crippen MR) is 75.1 cm³/mol. The van der Waals surface area contributed by atoms with Crippen LogP contribution in [0.25, 0.3) is 0 Å². The summed E-state index contributed by atoms with van der Waals surface area (Å²) in [5, 5.41) is 10.1. The number of aromatic hydroxyl groups is 1. The van der Waals surface area contributed by atoms with Crippen LogP contribution in [-0.4, -0.2) is 29.6 Å². The van der Waals surface area contributed by atoms with Gasteiger partial charge in [0, 0.05) is 16.3 Å². The van der Waals surface area contributed by atoms with E-state index in [1.165, 1.54) is 19.4 Å². The van der Waals surface area contributed by atoms with Gasteiger partial charge in [-0.25, -0.2) is 0 Å². The highest BCUT2D eigenvalue weighted by atomic mass is 35.5. The second-order valence-corrected chi connectivity index (χ2v) is 5.76. The van der Waals surface area contributed by atoms with Gasteiger partial charge in [0.25, 0.3) is 0 Å². The van der Waals surface area contributed by atoms with Crippen LogP contribution in [0.15, 0.2) is 18.2 Å². The van der Waals surface area contributed by atoms with Crippen LogP contribution < -0.4 is 0 Å². The maximum Gasteiger partial charge on any atom is 0.117 e. The van der Waals surface area contributed by atoms with Crippen molar-refractivity contribution in [2.45, 2.75) is 30.6 Å². The van der Waals surface area contributed by atoms with Gasteiger partial charge in [-0.15, -0.1) is 0 Å². The van der Waals surface area contributed by atoms with Gasteiger partial charge in [0.05, 0.1) is 0 Å². The van der Waals surface area contributed by atoms with E-state index in [0.717, 1.165) is 12.0 Å². The summed E-state index contributed by atoms with van der Waals surface area (Å²) in [5.74, 6) is 0.206. The summed E-state index contributed by atoms with van der Waals surface area (Å²) in [6.07, 6.45) is 3.51. The molecule has 1 aromatic rings. The quantitative estimate of drug-likeness (QED) is 0.822. The van der Waals surface area contributed by atoms with Gasteiger partial charge < -0.3 is 10.0 Å². The minimum atomic E-state index is 0.133. The van der Waals surface area contributed by atoms with Crippen molar-refractivity contribution in [3.05, 3.63) is 28.8 Å². The first-order valence-electron chi connectivity index (χ1n) is 5.94. The van der Waals surface area contributed by atoms with Crippen molar-refractivity contribution >= 4 is 24.2 Å². The fourth-order valence-corrected chi connectivity index (χ4v) is 3.30. The fourth-order valence-electron chi connectivity index (χ4n) is 2.45. The van der Waals surface area contributed by atoms with Crippen LogP contribution >= 0.6 is 24.2 Å². The van der Waals surface area contributed by atoms with Crippen LogP contribution in [0, 0.1) is 0 Å². The average Bonchev–Trinajstić information content (AvgIpc) is 2.64. The van der Waals surface area contributed by atoms with Gasteiger partial charge in [-0.1, -0.05) is 17.7 Å². The van der Waals surface area contributed by atoms with E-state index in [1.807, 2.05) is 6.07 Å². The molecule has 2 nitrogen and oxygen atoms in total. The van der Waals surface area contributed by atoms with Gasteiger partial charge in [0.2, 0.25) is 0 Å². The molecule has 2 unspecified atom stereocenters. The number of hydrogen-bond acceptors (Lipinski definition) is 3. The Labute approximate surface area is 113 Å². The molecule has 2 atom stereocenters. The Morgan fingerprint density at radius 1 is 1.59 bits per heavy atom. The van der Waals surface area contributed by atoms with Gasteiger partial charge in [0.15, 0.2) is 0 Å². The number of hydrogen-bond donors (Lipinski definition) is 2. The molecule has 0 aromatic heterocycles. The van der Waals surface area contributed by atoms with E-state index < -0.39 is 0 Å². The molecule has 0 aliphatic carbocycles. The molecular weight excluding hydrogens is 254 g/mol. The highest BCUT2D eigenvalue weighted by molar-refractivity contribution is 7.80. The van der Waals surface area contributed by atoms with E-state index >= 15 is 0 Å². The molecule has 0 radical (unpaired) electrons. The van der Waals surface area contributed by atoms with Crippen molar-refractivity contribution < 1.29 is 5.11 Å². The maximum atomic E-state index is 9.33. The van der Waals surface area contributed by atoms with E-state index in [0.29, 0.717) is 11.1 Å². The molecule has 1 N–H and O–H groups in total. The third-order valence-corrected chi connectivity index (χ3v) is 4.33. The predicted octanol–water partition coefficient (Wildman–Crippen LogP) is 3.50. The first kappa shape index (κ1) is 13.1. The molecule has 1 aliphatic rings. The summed E-state index contributed by atoms with van der Waals surface area (Å²) in [5.41, 5.74) is 1.01. The second kappa shape index (κ2) is 5.51. The number of rotatable bonds is 3. The van der Waals surface area contributed by atoms with E-state index in [2.05, 4.69) is 24.6 Å². The maximum absolute atomic E-state index is 9.33. The molecule has 1 heterocycles. The third kappa shape index (κ3) is 3.09. The molecular formula is C13H18ClNOS. The number of benzene rings is 1. The molecule has 4 heteroatoms. The lowest BCUT2D eigenvalue weighted by atomic mass is 10.0. The SMILES string of the molecule is CN1CCCC1CC(S)c1ccc(O)cc1Cl. The summed E-state index contributed by atoms with van der Waals surface area (Å²) >= 11 is 10.8. The Morgan fingerprint density at radius 2 is 2.35 bits per heavy atom. The van der Waals surface area contributed by atoms with Crippen LogP contribution in [0.4, 0.5) is 0 Å². The zero-order valence-electron chi connectivity index (χ0n) is 9.93. The summed E-state index contributed by atoms with van der Waals surface area (Å²) in [4.78, 5) is 2.39. The lowest BCUT2D eigenvalue weighted by molar-refractivity contribution is 0.295. The molecule has 17 heavy (non-hydrogen) atoms. The van der Waals surface area contributed by atoms with Crippen LogP contribution in [0.5, 0.6) is 5.75 Å². The third-order valence-electron chi connectivity index (χ3n) is 3.51. The molecule has 0 amide bonds. The first-order chi connectivity index (χ1) is 8.08. The lowest BCUT2D eigenvalue weighted by Gasteiger charge is -2.23. The van der Waals surface area contributed by atoms with E-state index in [-0.39, 0.29) is 11.0 Å². The Bertz CT molecular complexity index is 399. The van der Waals surface area contributed by atoms with Crippen LogP contribution in [0.3, 0.4) is 0 Å². The standard InChI is InChI=1S/C13H18ClNOS/c1-15-6-2-3-9(15)7-13(17)11-5-4-10(16)8-12(11)14/h4-5,8-9,13,16-17H,2-3,6-7H2,1H3. The molecule has 1 aliphatic heterocycles. The number of nitrogens with zero attached hydrogens (tertiary/aromatic N) is 1. The summed E-state index contributed by atoms with van der Waals surface area (Å²) in [6, 6.07) is 5.72. The topological polar surface area (TPSA) is 23.5 Å². The number of phenols is 1. The smallest absolute Gasteiger partial charge is 0.117 e. The molecule has 2 rings (SSSR count). The van der Waals surface area contributed by atoms with Crippen molar-refractivity contribution in [3.63, 3.8) is 0 Å². The van der Waals surface area contributed by atoms with Crippen molar-refractivity contribution in [1.82, 2.24) is 4.90 Å². The minimum Gasteiger partial charge on any atom is -0.508 e. The van der Waals surface area contributed by atoms with Crippen molar-refractivity contribution in [3.8, 4) is 5.75 Å². The van der Waals surface area contributed by atoms with Crippen molar-refractivity contribution in [2.24, 2.45) is 0 Å². The summed E-state index contributed by atoms with van der Waals surface area (Å²) in [6.45, 7) is 1.18. The second-order valence-electron chi connectivity index (χ2n) is 4.73. The highest BCUT2D eigenvalue weighted by Gasteiger charge is 2.24. The number of thiol groups is 1. The Kier molecular flexibility index (Phi) is 4.23. The Balaban J connectivity index is 2.06. The number of phenolic OH excluding ortho intramolecular Hbond substituents is 1. The van der Waals surface area contributed by atoms with E-state index in [1.54, 1.807) is 12.1 Å². The van der Waals surface area contributed by atoms with Gasteiger partial charge in [-0.2, -0.15) is 12.6 Å². The fraction of sp³-hybridized carbons (Fsp3) is 0.538. The van der Waals surface area contributed by atoms with E-state index in [4.69, 9.17) is 11.6 Å². The molecule has 94 valence electrons. The zero-order chi connectivity index (χ0) is 12.4. The largest absolute Gasteiger partial charge is 0.508 e. The summed E-state index contributed by atoms with van der Waals surface area (Å²) < 4.78 is 0. The van der Waals surface area contributed by atoms with Gasteiger partial charge in [0.1, 0.15) is 5.75 Å². The number of halogens is 1. The van der Waals surface area contributed by atoms with E-state index in [9.17, 15) is 5.11 Å². The minimum absolute atomic E-state index is 0.133. The number of likely N-dealkylation sites (tertiary alicyclic amines) is 1. The van der Waals surface area contributed by atoms with Gasteiger partial charge in [-0.05, 0) is 50.6 Å². The van der Waals surface area contributed by atoms with Gasteiger partial charge in [-0.3, -0.25) is 0 Å². The average molecular weight is 272 g/mol.